The number of nitrogens with one attached hydrogen (secondary N) is 1. The third-order valence-electron chi connectivity index (χ3n) is 3.16. The van der Waals surface area contributed by atoms with Gasteiger partial charge in [-0.25, -0.2) is 0 Å². The topological polar surface area (TPSA) is 15.3 Å². The van der Waals surface area contributed by atoms with Gasteiger partial charge in [-0.15, -0.1) is 6.58 Å². The van der Waals surface area contributed by atoms with E-state index in [1.165, 1.54) is 38.9 Å². The molecule has 1 fully saturated rings. The molecule has 1 aliphatic rings. The minimum atomic E-state index is 0.534. The maximum Gasteiger partial charge on any atom is 0.0157 e. The Hall–Kier alpha value is -0.340. The quantitative estimate of drug-likeness (QED) is 0.653. The van der Waals surface area contributed by atoms with E-state index in [-0.39, 0.29) is 0 Å². The predicted octanol–water partition coefficient (Wildman–Crippen LogP) is 1.88. The van der Waals surface area contributed by atoms with Crippen LogP contribution in [0.1, 0.15) is 26.2 Å². The zero-order valence-corrected chi connectivity index (χ0v) is 9.68. The predicted molar refractivity (Wildman–Crippen MR) is 62.5 cm³/mol. The normalized spacial score (nSPS) is 27.1. The van der Waals surface area contributed by atoms with Gasteiger partial charge in [-0.05, 0) is 31.8 Å². The SMILES string of the molecule is C=CCN(C)CC1(CCC)CCNC1. The van der Waals surface area contributed by atoms with Gasteiger partial charge in [0.1, 0.15) is 0 Å². The number of nitrogens with zero attached hydrogens (tertiary/aromatic N) is 1. The number of likely N-dealkylation sites (N-methyl/N-ethyl adjacent to an activating group) is 1. The van der Waals surface area contributed by atoms with Gasteiger partial charge >= 0.3 is 0 Å². The van der Waals surface area contributed by atoms with Gasteiger partial charge in [0.25, 0.3) is 0 Å². The summed E-state index contributed by atoms with van der Waals surface area (Å²) in [7, 11) is 2.19. The van der Waals surface area contributed by atoms with Crippen molar-refractivity contribution in [2.24, 2.45) is 5.41 Å². The fourth-order valence-electron chi connectivity index (χ4n) is 2.61. The van der Waals surface area contributed by atoms with Gasteiger partial charge in [-0.1, -0.05) is 19.4 Å². The van der Waals surface area contributed by atoms with Crippen molar-refractivity contribution in [1.82, 2.24) is 10.2 Å². The molecule has 82 valence electrons. The van der Waals surface area contributed by atoms with Crippen LogP contribution in [0.25, 0.3) is 0 Å². The van der Waals surface area contributed by atoms with E-state index in [2.05, 4.69) is 30.8 Å². The first kappa shape index (κ1) is 11.7. The van der Waals surface area contributed by atoms with Crippen molar-refractivity contribution in [2.75, 3.05) is 33.2 Å². The summed E-state index contributed by atoms with van der Waals surface area (Å²) >= 11 is 0. The molecule has 2 heteroatoms. The van der Waals surface area contributed by atoms with E-state index in [4.69, 9.17) is 0 Å². The van der Waals surface area contributed by atoms with Crippen LogP contribution >= 0.6 is 0 Å². The molecule has 0 aromatic carbocycles. The number of hydrogen-bond acceptors (Lipinski definition) is 2. The molecule has 0 aliphatic carbocycles. The lowest BCUT2D eigenvalue weighted by atomic mass is 9.82. The molecular weight excluding hydrogens is 172 g/mol. The highest BCUT2D eigenvalue weighted by Gasteiger charge is 2.33. The summed E-state index contributed by atoms with van der Waals surface area (Å²) in [6.45, 7) is 10.7. The van der Waals surface area contributed by atoms with Crippen molar-refractivity contribution in [3.05, 3.63) is 12.7 Å². The second-order valence-corrected chi connectivity index (χ2v) is 4.66. The van der Waals surface area contributed by atoms with Gasteiger partial charge < -0.3 is 10.2 Å². The monoisotopic (exact) mass is 196 g/mol. The van der Waals surface area contributed by atoms with Crippen molar-refractivity contribution in [3.8, 4) is 0 Å². The summed E-state index contributed by atoms with van der Waals surface area (Å²) in [5, 5.41) is 3.49. The van der Waals surface area contributed by atoms with E-state index in [1.807, 2.05) is 6.08 Å². The van der Waals surface area contributed by atoms with Crippen LogP contribution in [0.15, 0.2) is 12.7 Å². The van der Waals surface area contributed by atoms with Gasteiger partial charge in [-0.3, -0.25) is 0 Å². The van der Waals surface area contributed by atoms with Crippen LogP contribution in [0.3, 0.4) is 0 Å². The van der Waals surface area contributed by atoms with E-state index in [0.29, 0.717) is 5.41 Å². The molecule has 0 amide bonds. The molecule has 0 aromatic heterocycles. The third kappa shape index (κ3) is 3.10. The number of rotatable bonds is 6. The lowest BCUT2D eigenvalue weighted by Crippen LogP contribution is -2.37. The minimum absolute atomic E-state index is 0.534. The molecule has 1 N–H and O–H groups in total. The molecule has 1 unspecified atom stereocenters. The van der Waals surface area contributed by atoms with Crippen LogP contribution in [0.4, 0.5) is 0 Å². The van der Waals surface area contributed by atoms with Crippen molar-refractivity contribution in [3.63, 3.8) is 0 Å². The molecule has 0 bridgehead atoms. The zero-order valence-electron chi connectivity index (χ0n) is 9.68. The second-order valence-electron chi connectivity index (χ2n) is 4.66. The molecule has 0 spiro atoms. The highest BCUT2D eigenvalue weighted by atomic mass is 15.1. The maximum absolute atomic E-state index is 3.79. The Morgan fingerprint density at radius 1 is 1.57 bits per heavy atom. The Kier molecular flexibility index (Phi) is 4.63. The highest BCUT2D eigenvalue weighted by molar-refractivity contribution is 4.90. The zero-order chi connectivity index (χ0) is 10.4. The standard InChI is InChI=1S/C12H24N2/c1-4-6-12(7-8-13-10-12)11-14(3)9-5-2/h5,13H,2,4,6-11H2,1,3H3. The fraction of sp³-hybridized carbons (Fsp3) is 0.833. The summed E-state index contributed by atoms with van der Waals surface area (Å²) in [5.41, 5.74) is 0.534. The second kappa shape index (κ2) is 5.52. The van der Waals surface area contributed by atoms with Crippen LogP contribution in [-0.2, 0) is 0 Å². The summed E-state index contributed by atoms with van der Waals surface area (Å²) in [6.07, 6.45) is 5.97. The maximum atomic E-state index is 3.79. The molecule has 0 aromatic rings. The van der Waals surface area contributed by atoms with Crippen molar-refractivity contribution >= 4 is 0 Å². The van der Waals surface area contributed by atoms with E-state index < -0.39 is 0 Å². The van der Waals surface area contributed by atoms with Crippen molar-refractivity contribution in [2.45, 2.75) is 26.2 Å². The average molecular weight is 196 g/mol. The van der Waals surface area contributed by atoms with Crippen LogP contribution < -0.4 is 5.32 Å². The molecule has 0 saturated carbocycles. The summed E-state index contributed by atoms with van der Waals surface area (Å²) in [6, 6.07) is 0. The first-order chi connectivity index (χ1) is 6.72. The molecule has 1 heterocycles. The van der Waals surface area contributed by atoms with E-state index in [0.717, 1.165) is 6.54 Å². The number of hydrogen-bond donors (Lipinski definition) is 1. The van der Waals surface area contributed by atoms with Crippen LogP contribution in [0, 0.1) is 5.41 Å². The molecule has 14 heavy (non-hydrogen) atoms. The van der Waals surface area contributed by atoms with Gasteiger partial charge in [-0.2, -0.15) is 0 Å². The van der Waals surface area contributed by atoms with Crippen LogP contribution in [-0.4, -0.2) is 38.1 Å². The third-order valence-corrected chi connectivity index (χ3v) is 3.16. The lowest BCUT2D eigenvalue weighted by Gasteiger charge is -2.32. The Morgan fingerprint density at radius 2 is 2.36 bits per heavy atom. The van der Waals surface area contributed by atoms with Crippen LogP contribution in [0.5, 0.6) is 0 Å². The van der Waals surface area contributed by atoms with Crippen molar-refractivity contribution in [1.29, 1.82) is 0 Å². The fourth-order valence-corrected chi connectivity index (χ4v) is 2.61. The van der Waals surface area contributed by atoms with Crippen LogP contribution in [0.2, 0.25) is 0 Å². The average Bonchev–Trinajstić information content (AvgIpc) is 2.54. The molecule has 0 radical (unpaired) electrons. The minimum Gasteiger partial charge on any atom is -0.316 e. The molecule has 1 atom stereocenters. The van der Waals surface area contributed by atoms with Gasteiger partial charge in [0, 0.05) is 19.6 Å². The first-order valence-corrected chi connectivity index (χ1v) is 5.72. The molecule has 1 saturated heterocycles. The largest absolute Gasteiger partial charge is 0.316 e. The first-order valence-electron chi connectivity index (χ1n) is 5.72. The Morgan fingerprint density at radius 3 is 2.86 bits per heavy atom. The smallest absolute Gasteiger partial charge is 0.0157 e. The van der Waals surface area contributed by atoms with E-state index in [1.54, 1.807) is 0 Å². The molecule has 1 rings (SSSR count). The Bertz CT molecular complexity index is 171. The molecule has 1 aliphatic heterocycles. The summed E-state index contributed by atoms with van der Waals surface area (Å²) in [5.74, 6) is 0. The summed E-state index contributed by atoms with van der Waals surface area (Å²) in [4.78, 5) is 2.38. The highest BCUT2D eigenvalue weighted by Crippen LogP contribution is 2.31. The van der Waals surface area contributed by atoms with Crippen molar-refractivity contribution < 1.29 is 0 Å². The van der Waals surface area contributed by atoms with E-state index >= 15 is 0 Å². The lowest BCUT2D eigenvalue weighted by molar-refractivity contribution is 0.189. The molecular formula is C12H24N2. The van der Waals surface area contributed by atoms with Gasteiger partial charge in [0.2, 0.25) is 0 Å². The Balaban J connectivity index is 2.45. The van der Waals surface area contributed by atoms with Gasteiger partial charge in [0.05, 0.1) is 0 Å². The van der Waals surface area contributed by atoms with E-state index in [9.17, 15) is 0 Å². The molecule has 2 nitrogen and oxygen atoms in total. The van der Waals surface area contributed by atoms with Gasteiger partial charge in [0.15, 0.2) is 0 Å². The summed E-state index contributed by atoms with van der Waals surface area (Å²) < 4.78 is 0. The Labute approximate surface area is 88.4 Å².